The first kappa shape index (κ1) is 34.8. The quantitative estimate of drug-likeness (QED) is 0.122. The lowest BCUT2D eigenvalue weighted by Gasteiger charge is -2.31. The Labute approximate surface area is 301 Å². The second-order valence-corrected chi connectivity index (χ2v) is 13.9. The standard InChI is InChI=1S/C48H52N2/c1-7-9-14-39-20-26-43(27-21-39)49(45-24-18-35(3)37(5)30-45)47-32-42(41-16-12-11-13-17-41)33-48(34-47)50(46-25-19-36(4)38(6)31-46)44-28-22-40(23-29-44)15-10-8-2/h11-13,16-34H,7-10,14-15H2,1-6H3. The zero-order valence-corrected chi connectivity index (χ0v) is 30.8. The molecule has 0 amide bonds. The van der Waals surface area contributed by atoms with Crippen molar-refractivity contribution in [2.75, 3.05) is 9.80 Å². The van der Waals surface area contributed by atoms with Crippen molar-refractivity contribution in [3.05, 3.63) is 167 Å². The summed E-state index contributed by atoms with van der Waals surface area (Å²) < 4.78 is 0. The van der Waals surface area contributed by atoms with Crippen LogP contribution < -0.4 is 9.80 Å². The van der Waals surface area contributed by atoms with Gasteiger partial charge in [0.1, 0.15) is 0 Å². The number of benzene rings is 6. The SMILES string of the molecule is CCCCc1ccc(N(c2cc(-c3ccccc3)cc(N(c3ccc(CCCC)cc3)c3ccc(C)c(C)c3)c2)c2ccc(C)c(C)c2)cc1. The molecule has 50 heavy (non-hydrogen) atoms. The summed E-state index contributed by atoms with van der Waals surface area (Å²) in [7, 11) is 0. The lowest BCUT2D eigenvalue weighted by molar-refractivity contribution is 0.795. The van der Waals surface area contributed by atoms with Crippen LogP contribution in [0, 0.1) is 27.7 Å². The highest BCUT2D eigenvalue weighted by Gasteiger charge is 2.20. The minimum Gasteiger partial charge on any atom is -0.310 e. The molecule has 6 aromatic rings. The smallest absolute Gasteiger partial charge is 0.0488 e. The van der Waals surface area contributed by atoms with E-state index in [9.17, 15) is 0 Å². The summed E-state index contributed by atoms with van der Waals surface area (Å²) in [6.45, 7) is 13.3. The Bertz CT molecular complexity index is 1880. The first-order chi connectivity index (χ1) is 24.3. The van der Waals surface area contributed by atoms with E-state index in [0.29, 0.717) is 0 Å². The molecule has 0 bridgehead atoms. The Hall–Kier alpha value is -5.08. The maximum absolute atomic E-state index is 2.43. The molecule has 0 atom stereocenters. The van der Waals surface area contributed by atoms with Crippen LogP contribution in [-0.2, 0) is 12.8 Å². The van der Waals surface area contributed by atoms with Crippen molar-refractivity contribution in [2.45, 2.75) is 80.1 Å². The van der Waals surface area contributed by atoms with Gasteiger partial charge in [-0.25, -0.2) is 0 Å². The first-order valence-electron chi connectivity index (χ1n) is 18.5. The van der Waals surface area contributed by atoms with Gasteiger partial charge in [-0.1, -0.05) is 93.4 Å². The zero-order chi connectivity index (χ0) is 35.0. The molecule has 2 nitrogen and oxygen atoms in total. The number of hydrogen-bond acceptors (Lipinski definition) is 2. The average Bonchev–Trinajstić information content (AvgIpc) is 3.14. The summed E-state index contributed by atoms with van der Waals surface area (Å²) in [5.41, 5.74) is 17.2. The van der Waals surface area contributed by atoms with Gasteiger partial charge < -0.3 is 9.80 Å². The van der Waals surface area contributed by atoms with Crippen molar-refractivity contribution in [3.8, 4) is 11.1 Å². The van der Waals surface area contributed by atoms with Crippen molar-refractivity contribution in [2.24, 2.45) is 0 Å². The predicted molar refractivity (Wildman–Crippen MR) is 217 cm³/mol. The third-order valence-corrected chi connectivity index (χ3v) is 10.1. The molecule has 0 aliphatic carbocycles. The lowest BCUT2D eigenvalue weighted by Crippen LogP contribution is -2.14. The molecule has 0 radical (unpaired) electrons. The van der Waals surface area contributed by atoms with Crippen molar-refractivity contribution < 1.29 is 0 Å². The number of unbranched alkanes of at least 4 members (excludes halogenated alkanes) is 2. The van der Waals surface area contributed by atoms with Crippen LogP contribution in [0.3, 0.4) is 0 Å². The highest BCUT2D eigenvalue weighted by Crippen LogP contribution is 2.44. The average molecular weight is 657 g/mol. The Balaban J connectivity index is 1.58. The number of hydrogen-bond donors (Lipinski definition) is 0. The number of rotatable bonds is 13. The van der Waals surface area contributed by atoms with Gasteiger partial charge in [-0.3, -0.25) is 0 Å². The fourth-order valence-electron chi connectivity index (χ4n) is 6.66. The molecule has 0 aliphatic heterocycles. The minimum absolute atomic E-state index is 1.11. The Morgan fingerprint density at radius 1 is 0.360 bits per heavy atom. The molecular formula is C48H52N2. The molecule has 0 unspecified atom stereocenters. The molecule has 0 aromatic heterocycles. The van der Waals surface area contributed by atoms with E-state index in [4.69, 9.17) is 0 Å². The van der Waals surface area contributed by atoms with Gasteiger partial charge in [0.25, 0.3) is 0 Å². The fourth-order valence-corrected chi connectivity index (χ4v) is 6.66. The Morgan fingerprint density at radius 3 is 1.18 bits per heavy atom. The van der Waals surface area contributed by atoms with E-state index in [1.807, 2.05) is 0 Å². The summed E-state index contributed by atoms with van der Waals surface area (Å²) in [6, 6.07) is 50.0. The van der Waals surface area contributed by atoms with E-state index in [1.165, 1.54) is 70.2 Å². The van der Waals surface area contributed by atoms with Crippen LogP contribution in [0.1, 0.15) is 72.9 Å². The van der Waals surface area contributed by atoms with Gasteiger partial charge in [0, 0.05) is 34.1 Å². The van der Waals surface area contributed by atoms with Crippen molar-refractivity contribution in [1.82, 2.24) is 0 Å². The maximum atomic E-state index is 2.43. The van der Waals surface area contributed by atoms with Gasteiger partial charge in [-0.05, 0) is 165 Å². The van der Waals surface area contributed by atoms with E-state index in [2.05, 4.69) is 185 Å². The van der Waals surface area contributed by atoms with Crippen LogP contribution in [0.15, 0.2) is 133 Å². The van der Waals surface area contributed by atoms with Crippen LogP contribution in [-0.4, -0.2) is 0 Å². The topological polar surface area (TPSA) is 6.48 Å². The Morgan fingerprint density at radius 2 is 0.780 bits per heavy atom. The maximum Gasteiger partial charge on any atom is 0.0488 e. The third-order valence-electron chi connectivity index (χ3n) is 10.1. The van der Waals surface area contributed by atoms with Crippen molar-refractivity contribution in [3.63, 3.8) is 0 Å². The molecular weight excluding hydrogens is 605 g/mol. The number of anilines is 6. The predicted octanol–water partition coefficient (Wildman–Crippen LogP) is 14.2. The summed E-state index contributed by atoms with van der Waals surface area (Å²) in [5, 5.41) is 0. The van der Waals surface area contributed by atoms with Gasteiger partial charge in [0.15, 0.2) is 0 Å². The van der Waals surface area contributed by atoms with E-state index >= 15 is 0 Å². The van der Waals surface area contributed by atoms with Gasteiger partial charge in [-0.15, -0.1) is 0 Å². The van der Waals surface area contributed by atoms with Crippen LogP contribution in [0.4, 0.5) is 34.1 Å². The molecule has 0 saturated carbocycles. The second-order valence-electron chi connectivity index (χ2n) is 13.9. The first-order valence-corrected chi connectivity index (χ1v) is 18.5. The van der Waals surface area contributed by atoms with Gasteiger partial charge in [-0.2, -0.15) is 0 Å². The van der Waals surface area contributed by atoms with E-state index < -0.39 is 0 Å². The highest BCUT2D eigenvalue weighted by molar-refractivity contribution is 5.87. The molecule has 2 heteroatoms. The monoisotopic (exact) mass is 656 g/mol. The summed E-state index contributed by atoms with van der Waals surface area (Å²) in [4.78, 5) is 4.86. The molecule has 0 heterocycles. The van der Waals surface area contributed by atoms with Gasteiger partial charge in [0.05, 0.1) is 0 Å². The number of nitrogens with zero attached hydrogens (tertiary/aromatic N) is 2. The van der Waals surface area contributed by atoms with Gasteiger partial charge in [0.2, 0.25) is 0 Å². The molecule has 0 aliphatic rings. The summed E-state index contributed by atoms with van der Waals surface area (Å²) in [5.74, 6) is 0. The third kappa shape index (κ3) is 8.03. The molecule has 0 N–H and O–H groups in total. The molecule has 6 aromatic carbocycles. The molecule has 254 valence electrons. The van der Waals surface area contributed by atoms with Crippen LogP contribution >= 0.6 is 0 Å². The largest absolute Gasteiger partial charge is 0.310 e. The second kappa shape index (κ2) is 16.1. The van der Waals surface area contributed by atoms with Crippen LogP contribution in [0.25, 0.3) is 11.1 Å². The van der Waals surface area contributed by atoms with Crippen LogP contribution in [0.5, 0.6) is 0 Å². The molecule has 0 fully saturated rings. The van der Waals surface area contributed by atoms with Gasteiger partial charge >= 0.3 is 0 Å². The fraction of sp³-hybridized carbons (Fsp3) is 0.250. The Kier molecular flexibility index (Phi) is 11.2. The summed E-state index contributed by atoms with van der Waals surface area (Å²) in [6.07, 6.45) is 7.02. The molecule has 0 saturated heterocycles. The summed E-state index contributed by atoms with van der Waals surface area (Å²) >= 11 is 0. The van der Waals surface area contributed by atoms with Crippen molar-refractivity contribution >= 4 is 34.1 Å². The van der Waals surface area contributed by atoms with E-state index in [0.717, 1.165) is 47.0 Å². The lowest BCUT2D eigenvalue weighted by atomic mass is 10.0. The number of aryl methyl sites for hydroxylation is 6. The van der Waals surface area contributed by atoms with E-state index in [-0.39, 0.29) is 0 Å². The normalized spacial score (nSPS) is 11.1. The zero-order valence-electron chi connectivity index (χ0n) is 30.8. The minimum atomic E-state index is 1.11. The highest BCUT2D eigenvalue weighted by atomic mass is 15.2. The van der Waals surface area contributed by atoms with Crippen LogP contribution in [0.2, 0.25) is 0 Å². The van der Waals surface area contributed by atoms with Crippen molar-refractivity contribution in [1.29, 1.82) is 0 Å². The molecule has 0 spiro atoms. The molecule has 6 rings (SSSR count). The van der Waals surface area contributed by atoms with E-state index in [1.54, 1.807) is 0 Å².